The van der Waals surface area contributed by atoms with Crippen molar-refractivity contribution in [2.75, 3.05) is 18.6 Å². The summed E-state index contributed by atoms with van der Waals surface area (Å²) in [5, 5.41) is 4.02. The molecule has 0 spiro atoms. The summed E-state index contributed by atoms with van der Waals surface area (Å²) < 4.78 is 7.31. The smallest absolute Gasteiger partial charge is 0.253 e. The van der Waals surface area contributed by atoms with Crippen molar-refractivity contribution < 1.29 is 14.3 Å². The average molecular weight is 494 g/mol. The number of nitrogens with zero attached hydrogens (tertiary/aromatic N) is 3. The van der Waals surface area contributed by atoms with Gasteiger partial charge in [0.1, 0.15) is 11.8 Å². The largest absolute Gasteiger partial charge is 0.497 e. The Morgan fingerprint density at radius 2 is 1.89 bits per heavy atom. The number of ether oxygens (including phenoxy) is 1. The highest BCUT2D eigenvalue weighted by Crippen LogP contribution is 2.36. The van der Waals surface area contributed by atoms with E-state index in [1.54, 1.807) is 12.0 Å². The normalized spacial score (nSPS) is 14.9. The van der Waals surface area contributed by atoms with Crippen LogP contribution in [0.5, 0.6) is 5.75 Å². The number of carbonyl (C=O) groups is 2. The molecule has 3 heterocycles. The Bertz CT molecular complexity index is 1600. The monoisotopic (exact) mass is 493 g/mol. The number of imidazole rings is 1. The highest BCUT2D eigenvalue weighted by atomic mass is 16.5. The minimum Gasteiger partial charge on any atom is -0.497 e. The van der Waals surface area contributed by atoms with Crippen LogP contribution in [0.1, 0.15) is 23.6 Å². The molecule has 5 aromatic rings. The molecule has 2 aromatic heterocycles. The summed E-state index contributed by atoms with van der Waals surface area (Å²) in [5.41, 5.74) is 4.78. The van der Waals surface area contributed by atoms with Gasteiger partial charge >= 0.3 is 0 Å². The van der Waals surface area contributed by atoms with Gasteiger partial charge in [-0.15, -0.1) is 0 Å². The van der Waals surface area contributed by atoms with Crippen molar-refractivity contribution in [1.29, 1.82) is 0 Å². The number of hydrogen-bond acceptors (Lipinski definition) is 4. The van der Waals surface area contributed by atoms with Crippen LogP contribution in [0.2, 0.25) is 0 Å². The Kier molecular flexibility index (Phi) is 5.84. The number of benzene rings is 3. The van der Waals surface area contributed by atoms with Crippen molar-refractivity contribution in [2.24, 2.45) is 0 Å². The molecule has 8 heteroatoms. The van der Waals surface area contributed by atoms with Crippen LogP contribution in [0.3, 0.4) is 0 Å². The Balaban J connectivity index is 1.25. The third-order valence-electron chi connectivity index (χ3n) is 6.97. The number of carbonyl (C=O) groups excluding carboxylic acids is 2. The second-order valence-electron chi connectivity index (χ2n) is 9.22. The summed E-state index contributed by atoms with van der Waals surface area (Å²) in [6.07, 6.45) is 2.66. The second kappa shape index (κ2) is 9.46. The van der Waals surface area contributed by atoms with Crippen molar-refractivity contribution in [3.05, 3.63) is 90.1 Å². The highest BCUT2D eigenvalue weighted by molar-refractivity contribution is 6.03. The fourth-order valence-electron chi connectivity index (χ4n) is 5.07. The Morgan fingerprint density at radius 3 is 2.73 bits per heavy atom. The second-order valence-corrected chi connectivity index (χ2v) is 9.22. The van der Waals surface area contributed by atoms with Crippen LogP contribution in [-0.4, -0.2) is 40.0 Å². The lowest BCUT2D eigenvalue weighted by Crippen LogP contribution is -2.34. The van der Waals surface area contributed by atoms with E-state index in [-0.39, 0.29) is 18.2 Å². The summed E-state index contributed by atoms with van der Waals surface area (Å²) in [4.78, 5) is 36.4. The number of methoxy groups -OCH3 is 1. The highest BCUT2D eigenvalue weighted by Gasteiger charge is 2.40. The molecule has 0 saturated carbocycles. The lowest BCUT2D eigenvalue weighted by molar-refractivity contribution is -0.127. The zero-order valence-corrected chi connectivity index (χ0v) is 20.5. The minimum atomic E-state index is -0.638. The van der Waals surface area contributed by atoms with Crippen molar-refractivity contribution in [3.63, 3.8) is 0 Å². The molecular formula is C29H27N5O3. The van der Waals surface area contributed by atoms with Crippen LogP contribution >= 0.6 is 0 Å². The van der Waals surface area contributed by atoms with Crippen molar-refractivity contribution in [3.8, 4) is 5.75 Å². The minimum absolute atomic E-state index is 0.0554. The average Bonchev–Trinajstić information content (AvgIpc) is 3.58. The fourth-order valence-corrected chi connectivity index (χ4v) is 5.07. The van der Waals surface area contributed by atoms with Gasteiger partial charge in [-0.2, -0.15) is 0 Å². The summed E-state index contributed by atoms with van der Waals surface area (Å²) in [6.45, 7) is 0.875. The number of fused-ring (bicyclic) bond motifs is 4. The Hall–Kier alpha value is -4.59. The van der Waals surface area contributed by atoms with E-state index in [9.17, 15) is 9.59 Å². The first-order valence-corrected chi connectivity index (χ1v) is 12.4. The van der Waals surface area contributed by atoms with Crippen LogP contribution < -0.4 is 15.0 Å². The molecule has 0 fully saturated rings. The maximum atomic E-state index is 13.7. The summed E-state index contributed by atoms with van der Waals surface area (Å²) in [5.74, 6) is 1.09. The molecular weight excluding hydrogens is 466 g/mol. The van der Waals surface area contributed by atoms with Gasteiger partial charge in [0.25, 0.3) is 5.91 Å². The van der Waals surface area contributed by atoms with E-state index >= 15 is 0 Å². The molecule has 0 radical (unpaired) electrons. The quantitative estimate of drug-likeness (QED) is 0.336. The van der Waals surface area contributed by atoms with E-state index in [0.29, 0.717) is 25.5 Å². The number of nitrogens with one attached hydrogen (secondary N) is 2. The third-order valence-corrected chi connectivity index (χ3v) is 6.97. The number of aromatic nitrogens is 3. The molecule has 0 saturated heterocycles. The first-order valence-electron chi connectivity index (χ1n) is 12.4. The molecule has 0 aliphatic carbocycles. The summed E-state index contributed by atoms with van der Waals surface area (Å²) in [6, 6.07) is 22.7. The van der Waals surface area contributed by atoms with Gasteiger partial charge < -0.3 is 15.0 Å². The maximum Gasteiger partial charge on any atom is 0.253 e. The number of hydrogen-bond donors (Lipinski definition) is 2. The van der Waals surface area contributed by atoms with Crippen LogP contribution in [0, 0.1) is 0 Å². The van der Waals surface area contributed by atoms with Gasteiger partial charge in [-0.05, 0) is 47.9 Å². The van der Waals surface area contributed by atoms with E-state index < -0.39 is 6.04 Å². The lowest BCUT2D eigenvalue weighted by atomic mass is 10.1. The van der Waals surface area contributed by atoms with Gasteiger partial charge in [0, 0.05) is 30.2 Å². The standard InChI is InChI=1S/C29H27N5O3/c1-37-21-11-12-23-22(15-21)20(18-30-23)13-14-33-28(36)26(16-27(35)31-17-19-7-3-2-4-8-19)34-25-10-6-5-9-24(25)32-29(33)34/h2-12,15,18,26,30H,13-14,16-17H2,1H3,(H,31,35)/t26-/m1/s1. The maximum absolute atomic E-state index is 13.7. The van der Waals surface area contributed by atoms with Gasteiger partial charge in [-0.3, -0.25) is 19.1 Å². The molecule has 0 unspecified atom stereocenters. The number of rotatable bonds is 8. The molecule has 1 aliphatic rings. The van der Waals surface area contributed by atoms with Crippen molar-refractivity contribution in [2.45, 2.75) is 25.4 Å². The molecule has 186 valence electrons. The zero-order chi connectivity index (χ0) is 25.4. The first-order chi connectivity index (χ1) is 18.1. The molecule has 2 N–H and O–H groups in total. The topological polar surface area (TPSA) is 92.2 Å². The zero-order valence-electron chi connectivity index (χ0n) is 20.5. The SMILES string of the molecule is COc1ccc2[nH]cc(CCN3C(=O)[C@@H](CC(=O)NCc4ccccc4)n4c3nc3ccccc34)c2c1. The summed E-state index contributed by atoms with van der Waals surface area (Å²) >= 11 is 0. The van der Waals surface area contributed by atoms with Crippen LogP contribution in [0.15, 0.2) is 79.0 Å². The van der Waals surface area contributed by atoms with Gasteiger partial charge in [0.05, 0.1) is 24.6 Å². The third kappa shape index (κ3) is 4.20. The van der Waals surface area contributed by atoms with E-state index in [1.165, 1.54) is 0 Å². The molecule has 2 amide bonds. The molecule has 8 nitrogen and oxygen atoms in total. The number of amides is 2. The van der Waals surface area contributed by atoms with Crippen LogP contribution in [0.25, 0.3) is 21.9 Å². The van der Waals surface area contributed by atoms with E-state index in [2.05, 4.69) is 10.3 Å². The van der Waals surface area contributed by atoms with Crippen LogP contribution in [0.4, 0.5) is 5.95 Å². The van der Waals surface area contributed by atoms with E-state index in [1.807, 2.05) is 83.6 Å². The van der Waals surface area contributed by atoms with Gasteiger partial charge in [0.2, 0.25) is 11.9 Å². The van der Waals surface area contributed by atoms with Crippen molar-refractivity contribution in [1.82, 2.24) is 19.9 Å². The molecule has 0 bridgehead atoms. The number of para-hydroxylation sites is 2. The van der Waals surface area contributed by atoms with Gasteiger partial charge in [0.15, 0.2) is 0 Å². The fraction of sp³-hybridized carbons (Fsp3) is 0.207. The van der Waals surface area contributed by atoms with Crippen molar-refractivity contribution >= 4 is 39.7 Å². The number of anilines is 1. The Labute approximate surface area is 213 Å². The van der Waals surface area contributed by atoms with Gasteiger partial charge in [-0.1, -0.05) is 42.5 Å². The molecule has 3 aromatic carbocycles. The lowest BCUT2D eigenvalue weighted by Gasteiger charge is -2.16. The number of H-pyrrole nitrogens is 1. The molecule has 37 heavy (non-hydrogen) atoms. The first kappa shape index (κ1) is 22.8. The molecule has 1 atom stereocenters. The number of aromatic amines is 1. The molecule has 1 aliphatic heterocycles. The van der Waals surface area contributed by atoms with Gasteiger partial charge in [-0.25, -0.2) is 4.98 Å². The van der Waals surface area contributed by atoms with E-state index in [0.717, 1.165) is 38.8 Å². The predicted octanol–water partition coefficient (Wildman–Crippen LogP) is 4.36. The van der Waals surface area contributed by atoms with Crippen LogP contribution in [-0.2, 0) is 22.6 Å². The Morgan fingerprint density at radius 1 is 1.08 bits per heavy atom. The predicted molar refractivity (Wildman–Crippen MR) is 143 cm³/mol. The summed E-state index contributed by atoms with van der Waals surface area (Å²) in [7, 11) is 1.65. The molecule has 6 rings (SSSR count). The van der Waals surface area contributed by atoms with E-state index in [4.69, 9.17) is 9.72 Å².